The van der Waals surface area contributed by atoms with E-state index in [-0.39, 0.29) is 10.8 Å². The zero-order chi connectivity index (χ0) is 18.6. The summed E-state index contributed by atoms with van der Waals surface area (Å²) in [6, 6.07) is 30.8. The van der Waals surface area contributed by atoms with Gasteiger partial charge in [-0.1, -0.05) is 112 Å². The molecule has 2 unspecified atom stereocenters. The Morgan fingerprint density at radius 1 is 0.731 bits per heavy atom. The molecule has 0 aliphatic carbocycles. The normalized spacial score (nSPS) is 15.2. The summed E-state index contributed by atoms with van der Waals surface area (Å²) in [4.78, 5) is 0. The van der Waals surface area contributed by atoms with Crippen molar-refractivity contribution in [1.82, 2.24) is 0 Å². The van der Waals surface area contributed by atoms with E-state index >= 15 is 0 Å². The van der Waals surface area contributed by atoms with Crippen molar-refractivity contribution < 1.29 is 4.57 Å². The van der Waals surface area contributed by atoms with Gasteiger partial charge in [0.15, 0.2) is 0 Å². The van der Waals surface area contributed by atoms with Gasteiger partial charge in [0.05, 0.1) is 0 Å². The maximum atomic E-state index is 14.7. The minimum atomic E-state index is -2.75. The SMILES string of the molecule is CC(C)(C)P(=O)(c1ccccc1)C(Cc1ccccc1)c1ccccc1. The van der Waals surface area contributed by atoms with Gasteiger partial charge in [0, 0.05) is 16.1 Å². The van der Waals surface area contributed by atoms with E-state index in [0.29, 0.717) is 0 Å². The van der Waals surface area contributed by atoms with Crippen molar-refractivity contribution in [2.24, 2.45) is 0 Å². The molecule has 3 rings (SSSR count). The monoisotopic (exact) mass is 362 g/mol. The van der Waals surface area contributed by atoms with Crippen LogP contribution in [0, 0.1) is 0 Å². The first-order valence-electron chi connectivity index (χ1n) is 9.17. The maximum absolute atomic E-state index is 14.7. The Morgan fingerprint density at radius 3 is 1.69 bits per heavy atom. The van der Waals surface area contributed by atoms with Crippen molar-refractivity contribution in [2.45, 2.75) is 38.0 Å². The van der Waals surface area contributed by atoms with Gasteiger partial charge in [0.2, 0.25) is 0 Å². The second kappa shape index (κ2) is 7.64. The van der Waals surface area contributed by atoms with E-state index in [2.05, 4.69) is 57.2 Å². The molecule has 134 valence electrons. The van der Waals surface area contributed by atoms with Crippen LogP contribution >= 0.6 is 7.14 Å². The number of rotatable bonds is 5. The van der Waals surface area contributed by atoms with Gasteiger partial charge in [-0.25, -0.2) is 0 Å². The third kappa shape index (κ3) is 3.69. The van der Waals surface area contributed by atoms with Crippen molar-refractivity contribution in [3.63, 3.8) is 0 Å². The zero-order valence-electron chi connectivity index (χ0n) is 15.8. The van der Waals surface area contributed by atoms with Crippen molar-refractivity contribution >= 4 is 12.4 Å². The summed E-state index contributed by atoms with van der Waals surface area (Å²) in [6.45, 7) is 6.34. The lowest BCUT2D eigenvalue weighted by Gasteiger charge is -2.38. The van der Waals surface area contributed by atoms with E-state index < -0.39 is 7.14 Å². The van der Waals surface area contributed by atoms with Crippen LogP contribution in [0.1, 0.15) is 37.6 Å². The molecular formula is C24H27OP. The molecule has 0 saturated heterocycles. The van der Waals surface area contributed by atoms with Gasteiger partial charge in [0.1, 0.15) is 7.14 Å². The van der Waals surface area contributed by atoms with Gasteiger partial charge in [0.25, 0.3) is 0 Å². The average molecular weight is 362 g/mol. The minimum absolute atomic E-state index is 0.0477. The summed E-state index contributed by atoms with van der Waals surface area (Å²) in [7, 11) is -2.75. The first-order chi connectivity index (χ1) is 12.4. The average Bonchev–Trinajstić information content (AvgIpc) is 2.67. The number of hydrogen-bond donors (Lipinski definition) is 0. The summed E-state index contributed by atoms with van der Waals surface area (Å²) in [5.41, 5.74) is 2.33. The Labute approximate surface area is 157 Å². The molecule has 0 N–H and O–H groups in total. The van der Waals surface area contributed by atoms with Crippen LogP contribution in [0.15, 0.2) is 91.0 Å². The number of hydrogen-bond acceptors (Lipinski definition) is 1. The standard InChI is InChI=1S/C24H27OP/c1-24(2,3)26(25,22-17-11-6-12-18-22)23(21-15-9-5-10-16-21)19-20-13-7-4-8-14-20/h4-18,23H,19H2,1-3H3. The third-order valence-electron chi connectivity index (χ3n) is 5.03. The van der Waals surface area contributed by atoms with E-state index in [4.69, 9.17) is 0 Å². The predicted octanol–water partition coefficient (Wildman–Crippen LogP) is 6.46. The van der Waals surface area contributed by atoms with Crippen LogP contribution in [0.4, 0.5) is 0 Å². The third-order valence-corrected chi connectivity index (χ3v) is 9.45. The first-order valence-corrected chi connectivity index (χ1v) is 10.9. The highest BCUT2D eigenvalue weighted by molar-refractivity contribution is 7.73. The molecule has 1 nitrogen and oxygen atoms in total. The Balaban J connectivity index is 2.18. The summed E-state index contributed by atoms with van der Waals surface area (Å²) in [5, 5.41) is 0.640. The first kappa shape index (κ1) is 18.7. The van der Waals surface area contributed by atoms with Gasteiger partial charge < -0.3 is 4.57 Å². The Kier molecular flexibility index (Phi) is 5.49. The molecular weight excluding hydrogens is 335 g/mol. The summed E-state index contributed by atoms with van der Waals surface area (Å²) >= 11 is 0. The Hall–Kier alpha value is -2.11. The van der Waals surface area contributed by atoms with Gasteiger partial charge in [-0.2, -0.15) is 0 Å². The van der Waals surface area contributed by atoms with Crippen LogP contribution in [0.5, 0.6) is 0 Å². The molecule has 0 aliphatic rings. The number of benzene rings is 3. The highest BCUT2D eigenvalue weighted by Crippen LogP contribution is 2.67. The summed E-state index contributed by atoms with van der Waals surface area (Å²) in [5.74, 6) is 0. The fourth-order valence-corrected chi connectivity index (χ4v) is 7.40. The molecule has 0 heterocycles. The van der Waals surface area contributed by atoms with E-state index in [1.165, 1.54) is 5.56 Å². The highest BCUT2D eigenvalue weighted by atomic mass is 31.2. The predicted molar refractivity (Wildman–Crippen MR) is 113 cm³/mol. The highest BCUT2D eigenvalue weighted by Gasteiger charge is 2.45. The Bertz CT molecular complexity index is 864. The zero-order valence-corrected chi connectivity index (χ0v) is 16.7. The molecule has 3 aromatic carbocycles. The van der Waals surface area contributed by atoms with Crippen molar-refractivity contribution in [2.75, 3.05) is 0 Å². The second-order valence-corrected chi connectivity index (χ2v) is 11.6. The molecule has 2 heteroatoms. The van der Waals surface area contributed by atoms with Gasteiger partial charge >= 0.3 is 0 Å². The van der Waals surface area contributed by atoms with Crippen molar-refractivity contribution in [3.8, 4) is 0 Å². The van der Waals surface area contributed by atoms with E-state index in [1.807, 2.05) is 54.6 Å². The topological polar surface area (TPSA) is 17.1 Å². The second-order valence-electron chi connectivity index (χ2n) is 7.78. The fourth-order valence-electron chi connectivity index (χ4n) is 3.65. The largest absolute Gasteiger partial charge is 0.317 e. The van der Waals surface area contributed by atoms with Crippen molar-refractivity contribution in [3.05, 3.63) is 102 Å². The smallest absolute Gasteiger partial charge is 0.128 e. The van der Waals surface area contributed by atoms with Crippen LogP contribution < -0.4 is 5.30 Å². The van der Waals surface area contributed by atoms with Crippen LogP contribution in [0.25, 0.3) is 0 Å². The van der Waals surface area contributed by atoms with Crippen LogP contribution in [0.2, 0.25) is 0 Å². The van der Waals surface area contributed by atoms with Crippen LogP contribution in [-0.2, 0) is 11.0 Å². The molecule has 0 bridgehead atoms. The quantitative estimate of drug-likeness (QED) is 0.476. The van der Waals surface area contributed by atoms with Crippen LogP contribution in [-0.4, -0.2) is 5.16 Å². The minimum Gasteiger partial charge on any atom is -0.317 e. The molecule has 0 radical (unpaired) electrons. The Morgan fingerprint density at radius 2 is 1.19 bits per heavy atom. The van der Waals surface area contributed by atoms with Crippen molar-refractivity contribution in [1.29, 1.82) is 0 Å². The maximum Gasteiger partial charge on any atom is 0.128 e. The van der Waals surface area contributed by atoms with Gasteiger partial charge in [-0.15, -0.1) is 0 Å². The molecule has 3 aromatic rings. The molecule has 0 amide bonds. The summed E-state index contributed by atoms with van der Waals surface area (Å²) in [6.07, 6.45) is 0.772. The molecule has 0 spiro atoms. The molecule has 2 atom stereocenters. The molecule has 26 heavy (non-hydrogen) atoms. The van der Waals surface area contributed by atoms with Gasteiger partial charge in [-0.05, 0) is 17.5 Å². The lowest BCUT2D eigenvalue weighted by atomic mass is 10.0. The lowest BCUT2D eigenvalue weighted by Crippen LogP contribution is -2.28. The van der Waals surface area contributed by atoms with E-state index in [0.717, 1.165) is 17.3 Å². The van der Waals surface area contributed by atoms with E-state index in [9.17, 15) is 4.57 Å². The molecule has 0 saturated carbocycles. The summed E-state index contributed by atoms with van der Waals surface area (Å²) < 4.78 is 14.7. The fraction of sp³-hybridized carbons (Fsp3) is 0.250. The molecule has 0 fully saturated rings. The van der Waals surface area contributed by atoms with Gasteiger partial charge in [-0.3, -0.25) is 0 Å². The van der Waals surface area contributed by atoms with Crippen LogP contribution in [0.3, 0.4) is 0 Å². The van der Waals surface area contributed by atoms with E-state index in [1.54, 1.807) is 0 Å². The molecule has 0 aromatic heterocycles. The lowest BCUT2D eigenvalue weighted by molar-refractivity contribution is 0.544. The molecule has 0 aliphatic heterocycles.